The number of benzene rings is 1. The largest absolute Gasteiger partial charge is 0.462 e. The maximum Gasteiger partial charge on any atom is 0.340 e. The summed E-state index contributed by atoms with van der Waals surface area (Å²) in [6.45, 7) is 11.9. The summed E-state index contributed by atoms with van der Waals surface area (Å²) >= 11 is 0. The van der Waals surface area contributed by atoms with Crippen molar-refractivity contribution in [2.75, 3.05) is 50.0 Å². The molecule has 2 rings (SSSR count). The molecule has 122 valence electrons. The van der Waals surface area contributed by atoms with Crippen LogP contribution in [0.3, 0.4) is 0 Å². The van der Waals surface area contributed by atoms with Crippen molar-refractivity contribution in [3.05, 3.63) is 23.8 Å². The first-order chi connectivity index (χ1) is 10.5. The molecule has 1 aromatic rings. The molecule has 1 aliphatic heterocycles. The van der Waals surface area contributed by atoms with E-state index < -0.39 is 0 Å². The summed E-state index contributed by atoms with van der Waals surface area (Å²) in [5.41, 5.74) is 8.03. The molecule has 0 unspecified atom stereocenters. The number of piperazine rings is 1. The van der Waals surface area contributed by atoms with Gasteiger partial charge in [0.15, 0.2) is 0 Å². The first-order valence-electron chi connectivity index (χ1n) is 8.05. The normalized spacial score (nSPS) is 16.1. The quantitative estimate of drug-likeness (QED) is 0.668. The Morgan fingerprint density at radius 1 is 1.27 bits per heavy atom. The number of anilines is 2. The van der Waals surface area contributed by atoms with Crippen LogP contribution >= 0.6 is 0 Å². The predicted octanol–water partition coefficient (Wildman–Crippen LogP) is 2.22. The third kappa shape index (κ3) is 4.13. The van der Waals surface area contributed by atoms with Crippen LogP contribution in [0.4, 0.5) is 11.4 Å². The number of hydrogen-bond acceptors (Lipinski definition) is 5. The summed E-state index contributed by atoms with van der Waals surface area (Å²) in [6, 6.07) is 5.61. The Hall–Kier alpha value is -1.75. The zero-order chi connectivity index (χ0) is 16.1. The van der Waals surface area contributed by atoms with Crippen molar-refractivity contribution in [1.82, 2.24) is 4.90 Å². The molecule has 1 aliphatic rings. The number of nitrogen functional groups attached to an aromatic ring is 1. The molecule has 1 fully saturated rings. The van der Waals surface area contributed by atoms with Gasteiger partial charge >= 0.3 is 5.97 Å². The topological polar surface area (TPSA) is 58.8 Å². The van der Waals surface area contributed by atoms with Gasteiger partial charge in [-0.1, -0.05) is 13.8 Å². The molecule has 0 amide bonds. The van der Waals surface area contributed by atoms with Crippen LogP contribution in [-0.2, 0) is 4.74 Å². The molecule has 0 atom stereocenters. The number of ether oxygens (including phenoxy) is 1. The number of esters is 1. The Balaban J connectivity index is 1.99. The third-order valence-corrected chi connectivity index (χ3v) is 3.89. The molecule has 5 nitrogen and oxygen atoms in total. The van der Waals surface area contributed by atoms with E-state index in [-0.39, 0.29) is 5.97 Å². The second-order valence-corrected chi connectivity index (χ2v) is 6.17. The molecule has 0 radical (unpaired) electrons. The lowest BCUT2D eigenvalue weighted by Crippen LogP contribution is -2.47. The maximum absolute atomic E-state index is 11.8. The molecule has 0 aromatic heterocycles. The fourth-order valence-electron chi connectivity index (χ4n) is 2.85. The van der Waals surface area contributed by atoms with Crippen molar-refractivity contribution in [3.63, 3.8) is 0 Å². The molecule has 2 N–H and O–H groups in total. The zero-order valence-corrected chi connectivity index (χ0v) is 13.8. The molecule has 0 saturated carbocycles. The molecule has 1 saturated heterocycles. The van der Waals surface area contributed by atoms with Gasteiger partial charge in [0, 0.05) is 44.1 Å². The molecule has 1 heterocycles. The van der Waals surface area contributed by atoms with E-state index in [2.05, 4.69) is 23.6 Å². The highest BCUT2D eigenvalue weighted by molar-refractivity contribution is 5.95. The van der Waals surface area contributed by atoms with Crippen molar-refractivity contribution in [1.29, 1.82) is 0 Å². The smallest absolute Gasteiger partial charge is 0.340 e. The standard InChI is InChI=1S/C17H27N3O2/c1-4-22-17(21)15-6-5-14(11-16(15)18)20-9-7-19(8-10-20)12-13(2)3/h5-6,11,13H,4,7-10,12,18H2,1-3H3. The van der Waals surface area contributed by atoms with Gasteiger partial charge in [-0.2, -0.15) is 0 Å². The van der Waals surface area contributed by atoms with Crippen molar-refractivity contribution in [3.8, 4) is 0 Å². The Kier molecular flexibility index (Phi) is 5.66. The van der Waals surface area contributed by atoms with Crippen LogP contribution in [-0.4, -0.2) is 50.2 Å². The van der Waals surface area contributed by atoms with Crippen molar-refractivity contribution >= 4 is 17.3 Å². The Morgan fingerprint density at radius 2 is 1.95 bits per heavy atom. The first kappa shape index (κ1) is 16.6. The number of nitrogens with zero attached hydrogens (tertiary/aromatic N) is 2. The molecule has 0 aliphatic carbocycles. The number of rotatable bonds is 5. The van der Waals surface area contributed by atoms with E-state index in [0.29, 0.717) is 23.8 Å². The summed E-state index contributed by atoms with van der Waals surface area (Å²) < 4.78 is 5.01. The minimum absolute atomic E-state index is 0.353. The van der Waals surface area contributed by atoms with E-state index in [1.807, 2.05) is 12.1 Å². The summed E-state index contributed by atoms with van der Waals surface area (Å²) in [6.07, 6.45) is 0. The molecular formula is C17H27N3O2. The van der Waals surface area contributed by atoms with Crippen molar-refractivity contribution < 1.29 is 9.53 Å². The lowest BCUT2D eigenvalue weighted by atomic mass is 10.1. The highest BCUT2D eigenvalue weighted by Gasteiger charge is 2.19. The van der Waals surface area contributed by atoms with Gasteiger partial charge in [-0.15, -0.1) is 0 Å². The summed E-state index contributed by atoms with van der Waals surface area (Å²) in [5, 5.41) is 0. The van der Waals surface area contributed by atoms with E-state index in [9.17, 15) is 4.79 Å². The van der Waals surface area contributed by atoms with Gasteiger partial charge in [0.1, 0.15) is 0 Å². The third-order valence-electron chi connectivity index (χ3n) is 3.89. The van der Waals surface area contributed by atoms with Crippen molar-refractivity contribution in [2.45, 2.75) is 20.8 Å². The van der Waals surface area contributed by atoms with Gasteiger partial charge in [0.2, 0.25) is 0 Å². The first-order valence-corrected chi connectivity index (χ1v) is 8.05. The van der Waals surface area contributed by atoms with Crippen molar-refractivity contribution in [2.24, 2.45) is 5.92 Å². The van der Waals surface area contributed by atoms with Crippen LogP contribution in [0.2, 0.25) is 0 Å². The van der Waals surface area contributed by atoms with Gasteiger partial charge in [-0.05, 0) is 31.0 Å². The second-order valence-electron chi connectivity index (χ2n) is 6.17. The van der Waals surface area contributed by atoms with E-state index in [1.165, 1.54) is 0 Å². The molecule has 22 heavy (non-hydrogen) atoms. The van der Waals surface area contributed by atoms with Crippen LogP contribution in [0.5, 0.6) is 0 Å². The molecule has 1 aromatic carbocycles. The van der Waals surface area contributed by atoms with E-state index in [4.69, 9.17) is 10.5 Å². The van der Waals surface area contributed by atoms with E-state index in [0.717, 1.165) is 38.4 Å². The highest BCUT2D eigenvalue weighted by Crippen LogP contribution is 2.23. The Labute approximate surface area is 133 Å². The second kappa shape index (κ2) is 7.49. The fraction of sp³-hybridized carbons (Fsp3) is 0.588. The molecule has 0 spiro atoms. The fourth-order valence-corrected chi connectivity index (χ4v) is 2.85. The van der Waals surface area contributed by atoms with E-state index >= 15 is 0 Å². The Morgan fingerprint density at radius 3 is 2.50 bits per heavy atom. The van der Waals surface area contributed by atoms with Gasteiger partial charge in [-0.3, -0.25) is 4.90 Å². The summed E-state index contributed by atoms with van der Waals surface area (Å²) in [4.78, 5) is 16.6. The number of nitrogens with two attached hydrogens (primary N) is 1. The lowest BCUT2D eigenvalue weighted by molar-refractivity contribution is 0.0527. The maximum atomic E-state index is 11.8. The number of carbonyl (C=O) groups is 1. The molecule has 0 bridgehead atoms. The average molecular weight is 305 g/mol. The zero-order valence-electron chi connectivity index (χ0n) is 13.8. The number of carbonyl (C=O) groups excluding carboxylic acids is 1. The summed E-state index contributed by atoms with van der Waals surface area (Å²) in [5.74, 6) is 0.347. The minimum Gasteiger partial charge on any atom is -0.462 e. The highest BCUT2D eigenvalue weighted by atomic mass is 16.5. The van der Waals surface area contributed by atoms with Gasteiger partial charge < -0.3 is 15.4 Å². The molecular weight excluding hydrogens is 278 g/mol. The van der Waals surface area contributed by atoms with Crippen LogP contribution in [0.25, 0.3) is 0 Å². The summed E-state index contributed by atoms with van der Waals surface area (Å²) in [7, 11) is 0. The monoisotopic (exact) mass is 305 g/mol. The van der Waals surface area contributed by atoms with E-state index in [1.54, 1.807) is 13.0 Å². The Bertz CT molecular complexity index is 509. The van der Waals surface area contributed by atoms with Crippen LogP contribution in [0, 0.1) is 5.92 Å². The predicted molar refractivity (Wildman–Crippen MR) is 90.3 cm³/mol. The molecule has 5 heteroatoms. The van der Waals surface area contributed by atoms with Crippen LogP contribution in [0.15, 0.2) is 18.2 Å². The van der Waals surface area contributed by atoms with Gasteiger partial charge in [0.25, 0.3) is 0 Å². The minimum atomic E-state index is -0.353. The lowest BCUT2D eigenvalue weighted by Gasteiger charge is -2.37. The van der Waals surface area contributed by atoms with Crippen LogP contribution in [0.1, 0.15) is 31.1 Å². The van der Waals surface area contributed by atoms with Gasteiger partial charge in [0.05, 0.1) is 12.2 Å². The SMILES string of the molecule is CCOC(=O)c1ccc(N2CCN(CC(C)C)CC2)cc1N. The van der Waals surface area contributed by atoms with Gasteiger partial charge in [-0.25, -0.2) is 4.79 Å². The average Bonchev–Trinajstić information content (AvgIpc) is 2.47. The number of hydrogen-bond donors (Lipinski definition) is 1. The van der Waals surface area contributed by atoms with Crippen LogP contribution < -0.4 is 10.6 Å².